The van der Waals surface area contributed by atoms with Gasteiger partial charge in [-0.3, -0.25) is 9.59 Å². The number of carbonyl (C=O) groups is 2. The molecule has 0 aromatic heterocycles. The largest absolute Gasteiger partial charge is 0.469 e. The Labute approximate surface area is 262 Å². The molecule has 0 heterocycles. The van der Waals surface area contributed by atoms with E-state index in [-0.39, 0.29) is 33.0 Å². The molecule has 0 bridgehead atoms. The highest BCUT2D eigenvalue weighted by Gasteiger charge is 2.72. The standard InChI is InChI=1S/C38H51BrO3/c1-23(2)27-15-18-38(33(41)42-8)20-19-36(6)28(31(27)38)13-14-30-35(5)22-25(21-24-9-11-26(39)12-10-24)32(40)34(3,4)29(35)16-17-37(30,36)7/h9-12,21,27-31H,1,13-20,22H2,2-8H3/t27-,28+,29+,30+,31+,35+,36-,37-,38-/m1/s1. The van der Waals surface area contributed by atoms with Crippen molar-refractivity contribution in [2.24, 2.45) is 56.7 Å². The molecular formula is C38H51BrO3. The van der Waals surface area contributed by atoms with E-state index >= 15 is 0 Å². The summed E-state index contributed by atoms with van der Waals surface area (Å²) in [6.45, 7) is 18.8. The maximum Gasteiger partial charge on any atom is 0.312 e. The quantitative estimate of drug-likeness (QED) is 0.189. The van der Waals surface area contributed by atoms with E-state index in [0.29, 0.717) is 35.4 Å². The molecule has 5 aliphatic rings. The van der Waals surface area contributed by atoms with Gasteiger partial charge in [0.1, 0.15) is 0 Å². The first kappa shape index (κ1) is 30.4. The summed E-state index contributed by atoms with van der Waals surface area (Å²) in [6.07, 6.45) is 11.7. The Balaban J connectivity index is 1.41. The van der Waals surface area contributed by atoms with Crippen LogP contribution in [0.25, 0.3) is 6.08 Å². The fourth-order valence-corrected chi connectivity index (χ4v) is 12.7. The number of ketones is 1. The van der Waals surface area contributed by atoms with Gasteiger partial charge in [-0.15, -0.1) is 0 Å². The highest BCUT2D eigenvalue weighted by Crippen LogP contribution is 2.77. The predicted octanol–water partition coefficient (Wildman–Crippen LogP) is 9.84. The van der Waals surface area contributed by atoms with E-state index in [1.165, 1.54) is 18.4 Å². The summed E-state index contributed by atoms with van der Waals surface area (Å²) in [7, 11) is 1.59. The van der Waals surface area contributed by atoms with Gasteiger partial charge in [0.25, 0.3) is 0 Å². The second kappa shape index (κ2) is 9.91. The van der Waals surface area contributed by atoms with Crippen molar-refractivity contribution < 1.29 is 14.3 Å². The molecule has 1 aromatic carbocycles. The Hall–Kier alpha value is -1.68. The number of carbonyl (C=O) groups excluding carboxylic acids is 2. The topological polar surface area (TPSA) is 43.4 Å². The number of esters is 1. The molecular weight excluding hydrogens is 584 g/mol. The van der Waals surface area contributed by atoms with Crippen molar-refractivity contribution in [2.75, 3.05) is 7.11 Å². The Bertz CT molecular complexity index is 1340. The Morgan fingerprint density at radius 2 is 1.62 bits per heavy atom. The lowest BCUT2D eigenvalue weighted by atomic mass is 9.32. The molecule has 0 saturated heterocycles. The van der Waals surface area contributed by atoms with E-state index in [0.717, 1.165) is 60.6 Å². The van der Waals surface area contributed by atoms with Gasteiger partial charge in [0.05, 0.1) is 12.5 Å². The van der Waals surface area contributed by atoms with Crippen LogP contribution in [0.1, 0.15) is 105 Å². The Morgan fingerprint density at radius 1 is 0.929 bits per heavy atom. The van der Waals surface area contributed by atoms with Gasteiger partial charge in [0.15, 0.2) is 5.78 Å². The molecule has 0 spiro atoms. The molecule has 0 N–H and O–H groups in total. The van der Waals surface area contributed by atoms with Crippen LogP contribution in [0.4, 0.5) is 0 Å². The number of methoxy groups -OCH3 is 1. The smallest absolute Gasteiger partial charge is 0.312 e. The van der Waals surface area contributed by atoms with Crippen LogP contribution in [0.15, 0.2) is 46.5 Å². The number of fused-ring (bicyclic) bond motifs is 7. The van der Waals surface area contributed by atoms with Crippen molar-refractivity contribution in [3.63, 3.8) is 0 Å². The fourth-order valence-electron chi connectivity index (χ4n) is 12.4. The third-order valence-electron chi connectivity index (χ3n) is 14.5. The third kappa shape index (κ3) is 3.94. The van der Waals surface area contributed by atoms with Crippen molar-refractivity contribution in [2.45, 2.75) is 99.3 Å². The summed E-state index contributed by atoms with van der Waals surface area (Å²) in [4.78, 5) is 27.6. The van der Waals surface area contributed by atoms with Crippen LogP contribution in [-0.2, 0) is 14.3 Å². The first-order chi connectivity index (χ1) is 19.7. The summed E-state index contributed by atoms with van der Waals surface area (Å²) >= 11 is 3.56. The normalized spacial score (nSPS) is 44.9. The number of hydrogen-bond donors (Lipinski definition) is 0. The molecule has 0 radical (unpaired) electrons. The maximum atomic E-state index is 14.1. The predicted molar refractivity (Wildman–Crippen MR) is 173 cm³/mol. The van der Waals surface area contributed by atoms with Gasteiger partial charge in [-0.25, -0.2) is 0 Å². The zero-order valence-electron chi connectivity index (χ0n) is 26.9. The Kier molecular flexibility index (Phi) is 7.16. The number of ether oxygens (including phenoxy) is 1. The summed E-state index contributed by atoms with van der Waals surface area (Å²) in [5.74, 6) is 2.50. The zero-order valence-corrected chi connectivity index (χ0v) is 28.5. The molecule has 6 rings (SSSR count). The first-order valence-corrected chi connectivity index (χ1v) is 17.2. The van der Waals surface area contributed by atoms with E-state index in [2.05, 4.69) is 94.4 Å². The van der Waals surface area contributed by atoms with Crippen LogP contribution in [-0.4, -0.2) is 18.9 Å². The molecule has 4 heteroatoms. The van der Waals surface area contributed by atoms with E-state index in [9.17, 15) is 9.59 Å². The van der Waals surface area contributed by atoms with Crippen molar-refractivity contribution >= 4 is 33.8 Å². The molecule has 0 aliphatic heterocycles. The fraction of sp³-hybridized carbons (Fsp3) is 0.684. The number of Topliss-reactive ketones (excluding diaryl/α,β-unsaturated/α-hetero) is 1. The molecule has 3 nitrogen and oxygen atoms in total. The monoisotopic (exact) mass is 634 g/mol. The van der Waals surface area contributed by atoms with Crippen LogP contribution >= 0.6 is 15.9 Å². The Morgan fingerprint density at radius 3 is 2.26 bits per heavy atom. The summed E-state index contributed by atoms with van der Waals surface area (Å²) in [5, 5.41) is 0. The van der Waals surface area contributed by atoms with Crippen molar-refractivity contribution in [1.29, 1.82) is 0 Å². The SMILES string of the molecule is C=C(C)[C@H]1CC[C@@]2(C(=O)OC)CC[C@]3(C)[C@@H](CC[C@H]4[C@@]5(C)CC(=Cc6ccc(Br)cc6)C(=O)C(C)(C)[C@@H]5CC[C@]43C)[C@H]12. The second-order valence-corrected chi connectivity index (χ2v) is 17.2. The van der Waals surface area contributed by atoms with Gasteiger partial charge >= 0.3 is 5.97 Å². The zero-order chi connectivity index (χ0) is 30.5. The average Bonchev–Trinajstić information content (AvgIpc) is 3.34. The van der Waals surface area contributed by atoms with Gasteiger partial charge < -0.3 is 4.74 Å². The molecule has 5 aliphatic carbocycles. The molecule has 5 fully saturated rings. The minimum atomic E-state index is -0.379. The van der Waals surface area contributed by atoms with Crippen molar-refractivity contribution in [3.8, 4) is 0 Å². The van der Waals surface area contributed by atoms with E-state index in [1.807, 2.05) is 0 Å². The lowest BCUT2D eigenvalue weighted by Gasteiger charge is -2.72. The molecule has 42 heavy (non-hydrogen) atoms. The van der Waals surface area contributed by atoms with Crippen LogP contribution in [0.3, 0.4) is 0 Å². The average molecular weight is 636 g/mol. The molecule has 0 amide bonds. The summed E-state index contributed by atoms with van der Waals surface area (Å²) in [6, 6.07) is 8.35. The highest BCUT2D eigenvalue weighted by atomic mass is 79.9. The van der Waals surface area contributed by atoms with Crippen LogP contribution in [0.2, 0.25) is 0 Å². The van der Waals surface area contributed by atoms with Crippen LogP contribution in [0.5, 0.6) is 0 Å². The molecule has 5 saturated carbocycles. The highest BCUT2D eigenvalue weighted by molar-refractivity contribution is 9.10. The third-order valence-corrected chi connectivity index (χ3v) is 15.0. The van der Waals surface area contributed by atoms with Gasteiger partial charge in [0, 0.05) is 9.89 Å². The molecule has 228 valence electrons. The maximum absolute atomic E-state index is 14.1. The summed E-state index contributed by atoms with van der Waals surface area (Å²) < 4.78 is 6.60. The van der Waals surface area contributed by atoms with Gasteiger partial charge in [0.2, 0.25) is 0 Å². The summed E-state index contributed by atoms with van der Waals surface area (Å²) in [5.41, 5.74) is 2.98. The number of allylic oxidation sites excluding steroid dienone is 2. The van der Waals surface area contributed by atoms with Crippen LogP contribution in [0, 0.1) is 56.7 Å². The van der Waals surface area contributed by atoms with E-state index in [1.54, 1.807) is 7.11 Å². The lowest BCUT2D eigenvalue weighted by Crippen LogP contribution is -2.67. The molecule has 9 atom stereocenters. The molecule has 1 aromatic rings. The minimum absolute atomic E-state index is 0.0245. The van der Waals surface area contributed by atoms with E-state index < -0.39 is 0 Å². The minimum Gasteiger partial charge on any atom is -0.469 e. The first-order valence-electron chi connectivity index (χ1n) is 16.4. The molecule has 0 unspecified atom stereocenters. The van der Waals surface area contributed by atoms with Crippen molar-refractivity contribution in [3.05, 3.63) is 52.0 Å². The van der Waals surface area contributed by atoms with Crippen molar-refractivity contribution in [1.82, 2.24) is 0 Å². The number of hydrogen-bond acceptors (Lipinski definition) is 3. The number of benzene rings is 1. The van der Waals surface area contributed by atoms with Gasteiger partial charge in [-0.1, -0.05) is 74.8 Å². The number of rotatable bonds is 3. The van der Waals surface area contributed by atoms with Gasteiger partial charge in [-0.2, -0.15) is 0 Å². The lowest BCUT2D eigenvalue weighted by molar-refractivity contribution is -0.232. The van der Waals surface area contributed by atoms with Crippen LogP contribution < -0.4 is 0 Å². The number of halogens is 1. The van der Waals surface area contributed by atoms with Gasteiger partial charge in [-0.05, 0) is 140 Å². The van der Waals surface area contributed by atoms with E-state index in [4.69, 9.17) is 4.74 Å². The second-order valence-electron chi connectivity index (χ2n) is 16.3.